The number of amides is 1. The number of sulfonamides is 1. The number of nitrogens with zero attached hydrogens (tertiary/aromatic N) is 1. The van der Waals surface area contributed by atoms with E-state index in [2.05, 4.69) is 4.72 Å². The van der Waals surface area contributed by atoms with Crippen LogP contribution in [0.15, 0.2) is 23.1 Å². The average molecular weight is 311 g/mol. The number of likely N-dealkylation sites (tertiary alicyclic amines) is 1. The maximum absolute atomic E-state index is 12.5. The Morgan fingerprint density at radius 2 is 2.14 bits per heavy atom. The van der Waals surface area contributed by atoms with Gasteiger partial charge in [-0.2, -0.15) is 0 Å². The molecule has 0 aliphatic carbocycles. The summed E-state index contributed by atoms with van der Waals surface area (Å²) in [6.45, 7) is 2.53. The maximum Gasteiger partial charge on any atom is 0.241 e. The number of rotatable bonds is 4. The van der Waals surface area contributed by atoms with Gasteiger partial charge in [-0.15, -0.1) is 0 Å². The van der Waals surface area contributed by atoms with Crippen LogP contribution in [0.1, 0.15) is 24.0 Å². The van der Waals surface area contributed by atoms with E-state index >= 15 is 0 Å². The van der Waals surface area contributed by atoms with Gasteiger partial charge in [-0.05, 0) is 30.5 Å². The summed E-state index contributed by atoms with van der Waals surface area (Å²) in [5.41, 5.74) is 7.12. The van der Waals surface area contributed by atoms with Crippen molar-refractivity contribution in [3.8, 4) is 0 Å². The van der Waals surface area contributed by atoms with E-state index in [4.69, 9.17) is 5.73 Å². The second-order valence-electron chi connectivity index (χ2n) is 5.44. The number of hydrogen-bond donors (Lipinski definition) is 2. The Morgan fingerprint density at radius 3 is 2.71 bits per heavy atom. The second-order valence-corrected chi connectivity index (χ2v) is 7.12. The topological polar surface area (TPSA) is 92.5 Å². The summed E-state index contributed by atoms with van der Waals surface area (Å²) in [5, 5.41) is 0. The molecular weight excluding hydrogens is 290 g/mol. The van der Waals surface area contributed by atoms with Gasteiger partial charge in [0.25, 0.3) is 0 Å². The lowest BCUT2D eigenvalue weighted by molar-refractivity contribution is -0.132. The van der Waals surface area contributed by atoms with Gasteiger partial charge in [0, 0.05) is 32.6 Å². The van der Waals surface area contributed by atoms with Gasteiger partial charge in [0.15, 0.2) is 0 Å². The first kappa shape index (κ1) is 15.9. The molecule has 1 unspecified atom stereocenters. The number of likely N-dealkylation sites (N-methyl/N-ethyl adjacent to an activating group) is 1. The molecular formula is C14H21N3O3S. The molecule has 0 bridgehead atoms. The van der Waals surface area contributed by atoms with Gasteiger partial charge in [0.1, 0.15) is 0 Å². The number of piperidine rings is 1. The number of nitrogens with one attached hydrogen (secondary N) is 1. The molecule has 0 radical (unpaired) electrons. The molecule has 1 heterocycles. The molecule has 0 saturated carbocycles. The molecule has 1 aromatic carbocycles. The zero-order chi connectivity index (χ0) is 15.6. The number of carbonyl (C=O) groups is 1. The molecule has 1 amide bonds. The minimum atomic E-state index is -3.59. The predicted molar refractivity (Wildman–Crippen MR) is 80.1 cm³/mol. The van der Waals surface area contributed by atoms with E-state index in [1.807, 2.05) is 0 Å². The van der Waals surface area contributed by atoms with E-state index in [1.54, 1.807) is 37.1 Å². The zero-order valence-electron chi connectivity index (χ0n) is 12.3. The summed E-state index contributed by atoms with van der Waals surface area (Å²) in [6.07, 6.45) is 0.900. The van der Waals surface area contributed by atoms with Crippen LogP contribution >= 0.6 is 0 Å². The third-order valence-electron chi connectivity index (χ3n) is 3.71. The largest absolute Gasteiger partial charge is 0.344 e. The quantitative estimate of drug-likeness (QED) is 0.839. The molecule has 1 aliphatic heterocycles. The van der Waals surface area contributed by atoms with Crippen LogP contribution in [0.3, 0.4) is 0 Å². The Kier molecular flexibility index (Phi) is 4.65. The van der Waals surface area contributed by atoms with Crippen molar-refractivity contribution in [3.05, 3.63) is 29.3 Å². The van der Waals surface area contributed by atoms with E-state index in [0.717, 1.165) is 5.56 Å². The van der Waals surface area contributed by atoms with Crippen molar-refractivity contribution in [2.24, 2.45) is 5.73 Å². The normalized spacial score (nSPS) is 19.9. The van der Waals surface area contributed by atoms with Crippen LogP contribution in [0.25, 0.3) is 0 Å². The lowest BCUT2D eigenvalue weighted by atomic mass is 10.1. The zero-order valence-corrected chi connectivity index (χ0v) is 13.1. The van der Waals surface area contributed by atoms with Gasteiger partial charge in [0.05, 0.1) is 4.90 Å². The lowest BCUT2D eigenvalue weighted by Crippen LogP contribution is -2.48. The van der Waals surface area contributed by atoms with Crippen LogP contribution in [-0.4, -0.2) is 38.9 Å². The number of nitrogens with two attached hydrogens (primary N) is 1. The molecule has 1 atom stereocenters. The van der Waals surface area contributed by atoms with Crippen molar-refractivity contribution >= 4 is 15.9 Å². The predicted octanol–water partition coefficient (Wildman–Crippen LogP) is 0.353. The molecule has 0 spiro atoms. The highest BCUT2D eigenvalue weighted by molar-refractivity contribution is 7.89. The third kappa shape index (κ3) is 3.61. The van der Waals surface area contributed by atoms with E-state index in [1.165, 1.54) is 0 Å². The van der Waals surface area contributed by atoms with E-state index in [9.17, 15) is 13.2 Å². The Morgan fingerprint density at radius 1 is 1.43 bits per heavy atom. The van der Waals surface area contributed by atoms with E-state index in [0.29, 0.717) is 31.5 Å². The monoisotopic (exact) mass is 311 g/mol. The summed E-state index contributed by atoms with van der Waals surface area (Å²) in [7, 11) is -1.90. The van der Waals surface area contributed by atoms with Crippen molar-refractivity contribution in [1.82, 2.24) is 9.62 Å². The molecule has 2 rings (SSSR count). The summed E-state index contributed by atoms with van der Waals surface area (Å²) in [6, 6.07) is 4.84. The molecule has 1 saturated heterocycles. The standard InChI is InChI=1S/C14H21N3O3S/c1-10-7-11(8-15)3-5-13(10)21(19,20)16-12-4-6-14(18)17(2)9-12/h3,5,7,12,16H,4,6,8-9,15H2,1-2H3. The SMILES string of the molecule is Cc1cc(CN)ccc1S(=O)(=O)NC1CCC(=O)N(C)C1. The van der Waals surface area contributed by atoms with Gasteiger partial charge in [-0.1, -0.05) is 12.1 Å². The van der Waals surface area contributed by atoms with Crippen LogP contribution < -0.4 is 10.5 Å². The Bertz CT molecular complexity index is 643. The van der Waals surface area contributed by atoms with E-state index in [-0.39, 0.29) is 16.8 Å². The van der Waals surface area contributed by atoms with Crippen LogP contribution in [0.2, 0.25) is 0 Å². The fourth-order valence-electron chi connectivity index (χ4n) is 2.53. The van der Waals surface area contributed by atoms with Gasteiger partial charge in [-0.25, -0.2) is 13.1 Å². The summed E-state index contributed by atoms with van der Waals surface area (Å²) in [4.78, 5) is 13.3. The minimum absolute atomic E-state index is 0.0499. The Labute approximate surface area is 125 Å². The molecule has 6 nitrogen and oxygen atoms in total. The van der Waals surface area contributed by atoms with Gasteiger partial charge >= 0.3 is 0 Å². The number of hydrogen-bond acceptors (Lipinski definition) is 4. The molecule has 1 aromatic rings. The van der Waals surface area contributed by atoms with Crippen molar-refractivity contribution in [1.29, 1.82) is 0 Å². The average Bonchev–Trinajstić information content (AvgIpc) is 2.42. The van der Waals surface area contributed by atoms with Crippen LogP contribution in [-0.2, 0) is 21.4 Å². The van der Waals surface area contributed by atoms with Gasteiger partial charge < -0.3 is 10.6 Å². The van der Waals surface area contributed by atoms with Crippen LogP contribution in [0.5, 0.6) is 0 Å². The first-order valence-corrected chi connectivity index (χ1v) is 8.37. The fourth-order valence-corrected chi connectivity index (χ4v) is 4.02. The smallest absolute Gasteiger partial charge is 0.241 e. The number of benzene rings is 1. The minimum Gasteiger partial charge on any atom is -0.344 e. The van der Waals surface area contributed by atoms with Crippen LogP contribution in [0.4, 0.5) is 0 Å². The molecule has 7 heteroatoms. The highest BCUT2D eigenvalue weighted by Gasteiger charge is 2.27. The van der Waals surface area contributed by atoms with Gasteiger partial charge in [-0.3, -0.25) is 4.79 Å². The summed E-state index contributed by atoms with van der Waals surface area (Å²) >= 11 is 0. The highest BCUT2D eigenvalue weighted by atomic mass is 32.2. The second kappa shape index (κ2) is 6.13. The first-order valence-electron chi connectivity index (χ1n) is 6.89. The third-order valence-corrected chi connectivity index (χ3v) is 5.39. The van der Waals surface area contributed by atoms with E-state index < -0.39 is 10.0 Å². The molecule has 21 heavy (non-hydrogen) atoms. The Balaban J connectivity index is 2.17. The summed E-state index contributed by atoms with van der Waals surface area (Å²) < 4.78 is 27.6. The first-order chi connectivity index (χ1) is 9.83. The number of aryl methyl sites for hydroxylation is 1. The Hall–Kier alpha value is -1.44. The molecule has 0 aromatic heterocycles. The van der Waals surface area contributed by atoms with Crippen molar-refractivity contribution in [3.63, 3.8) is 0 Å². The van der Waals surface area contributed by atoms with Crippen molar-refractivity contribution in [2.75, 3.05) is 13.6 Å². The van der Waals surface area contributed by atoms with Crippen LogP contribution in [0, 0.1) is 6.92 Å². The maximum atomic E-state index is 12.5. The van der Waals surface area contributed by atoms with Crippen molar-refractivity contribution in [2.45, 2.75) is 37.2 Å². The highest BCUT2D eigenvalue weighted by Crippen LogP contribution is 2.19. The summed E-state index contributed by atoms with van der Waals surface area (Å²) in [5.74, 6) is 0.0499. The molecule has 3 N–H and O–H groups in total. The number of carbonyl (C=O) groups excluding carboxylic acids is 1. The molecule has 1 fully saturated rings. The molecule has 1 aliphatic rings. The lowest BCUT2D eigenvalue weighted by Gasteiger charge is -2.30. The molecule has 116 valence electrons. The van der Waals surface area contributed by atoms with Crippen molar-refractivity contribution < 1.29 is 13.2 Å². The van der Waals surface area contributed by atoms with Gasteiger partial charge in [0.2, 0.25) is 15.9 Å². The fraction of sp³-hybridized carbons (Fsp3) is 0.500.